The Morgan fingerprint density at radius 1 is 1.26 bits per heavy atom. The van der Waals surface area contributed by atoms with Crippen LogP contribution >= 0.6 is 0 Å². The number of benzene rings is 1. The quantitative estimate of drug-likeness (QED) is 0.830. The fraction of sp³-hybridized carbons (Fsp3) is 0.600. The molecule has 0 aliphatic rings. The zero-order chi connectivity index (χ0) is 14.6. The smallest absolute Gasteiger partial charge is 0.130 e. The monoisotopic (exact) mass is 266 g/mol. The summed E-state index contributed by atoms with van der Waals surface area (Å²) in [6, 6.07) is 4.16. The average molecular weight is 266 g/mol. The zero-order valence-corrected chi connectivity index (χ0v) is 12.8. The van der Waals surface area contributed by atoms with Crippen LogP contribution in [0.1, 0.15) is 37.4 Å². The van der Waals surface area contributed by atoms with Crippen molar-refractivity contribution in [2.45, 2.75) is 38.8 Å². The minimum Gasteiger partial charge on any atom is -0.496 e. The van der Waals surface area contributed by atoms with Crippen molar-refractivity contribution in [3.63, 3.8) is 0 Å². The van der Waals surface area contributed by atoms with Gasteiger partial charge in [0.25, 0.3) is 0 Å². The normalized spacial score (nSPS) is 13.2. The van der Waals surface area contributed by atoms with Crippen LogP contribution in [0.25, 0.3) is 0 Å². The first-order valence-corrected chi connectivity index (χ1v) is 6.51. The third kappa shape index (κ3) is 3.85. The van der Waals surface area contributed by atoms with Crippen molar-refractivity contribution in [2.75, 3.05) is 21.3 Å². The maximum Gasteiger partial charge on any atom is 0.130 e. The molecule has 0 saturated heterocycles. The molecule has 0 radical (unpaired) electrons. The van der Waals surface area contributed by atoms with Crippen LogP contribution in [0.4, 0.5) is 0 Å². The number of hydrogen-bond acceptors (Lipinski definition) is 4. The molecule has 1 unspecified atom stereocenters. The molecule has 0 amide bonds. The van der Waals surface area contributed by atoms with Gasteiger partial charge in [-0.25, -0.2) is 0 Å². The van der Waals surface area contributed by atoms with E-state index in [1.165, 1.54) is 0 Å². The van der Waals surface area contributed by atoms with E-state index in [-0.39, 0.29) is 11.6 Å². The first-order chi connectivity index (χ1) is 8.84. The number of nitrogens with two attached hydrogens (primary N) is 1. The highest BCUT2D eigenvalue weighted by atomic mass is 16.5. The van der Waals surface area contributed by atoms with E-state index >= 15 is 0 Å². The van der Waals surface area contributed by atoms with Gasteiger partial charge >= 0.3 is 0 Å². The topological polar surface area (TPSA) is 56.5 Å². The number of hydrogen-bond donors (Lipinski definition) is 2. The maximum atomic E-state index is 6.13. The summed E-state index contributed by atoms with van der Waals surface area (Å²) in [5.74, 6) is 1.70. The Kier molecular flexibility index (Phi) is 5.20. The molecule has 0 aliphatic carbocycles. The van der Waals surface area contributed by atoms with Crippen LogP contribution in [0.3, 0.4) is 0 Å². The summed E-state index contributed by atoms with van der Waals surface area (Å²) in [7, 11) is 5.29. The van der Waals surface area contributed by atoms with E-state index in [1.807, 2.05) is 40.0 Å². The molecule has 1 rings (SSSR count). The summed E-state index contributed by atoms with van der Waals surface area (Å²) in [6.07, 6.45) is 0.825. The predicted octanol–water partition coefficient (Wildman–Crippen LogP) is 2.40. The van der Waals surface area contributed by atoms with Gasteiger partial charge in [0.05, 0.1) is 14.2 Å². The lowest BCUT2D eigenvalue weighted by Crippen LogP contribution is -2.37. The fourth-order valence-electron chi connectivity index (χ4n) is 2.35. The van der Waals surface area contributed by atoms with E-state index in [4.69, 9.17) is 15.2 Å². The Hall–Kier alpha value is -1.26. The number of nitrogens with one attached hydrogen (secondary N) is 1. The Morgan fingerprint density at radius 3 is 2.32 bits per heavy atom. The fourth-order valence-corrected chi connectivity index (χ4v) is 2.35. The molecule has 0 heterocycles. The van der Waals surface area contributed by atoms with Crippen LogP contribution < -0.4 is 20.5 Å². The van der Waals surface area contributed by atoms with Gasteiger partial charge in [0, 0.05) is 22.7 Å². The van der Waals surface area contributed by atoms with Gasteiger partial charge < -0.3 is 20.5 Å². The molecule has 19 heavy (non-hydrogen) atoms. The summed E-state index contributed by atoms with van der Waals surface area (Å²) in [5.41, 5.74) is 8.01. The third-order valence-corrected chi connectivity index (χ3v) is 3.26. The standard InChI is InChI=1S/C15H26N2O2/c1-10-13(18-5)8-7-11(14(10)19-6)12(17-4)9-15(2,3)16/h7-8,12,17H,9,16H2,1-6H3. The second-order valence-electron chi connectivity index (χ2n) is 5.55. The highest BCUT2D eigenvalue weighted by Crippen LogP contribution is 2.36. The summed E-state index contributed by atoms with van der Waals surface area (Å²) in [5, 5.41) is 3.31. The molecular formula is C15H26N2O2. The number of methoxy groups -OCH3 is 2. The van der Waals surface area contributed by atoms with Crippen LogP contribution in [-0.2, 0) is 0 Å². The highest BCUT2D eigenvalue weighted by Gasteiger charge is 2.23. The molecule has 0 bridgehead atoms. The Morgan fingerprint density at radius 2 is 1.89 bits per heavy atom. The minimum atomic E-state index is -0.244. The van der Waals surface area contributed by atoms with Gasteiger partial charge in [0.15, 0.2) is 0 Å². The molecule has 0 spiro atoms. The molecule has 0 aliphatic heterocycles. The lowest BCUT2D eigenvalue weighted by Gasteiger charge is -2.28. The van der Waals surface area contributed by atoms with Crippen molar-refractivity contribution in [1.82, 2.24) is 5.32 Å². The molecule has 108 valence electrons. The van der Waals surface area contributed by atoms with Crippen molar-refractivity contribution in [1.29, 1.82) is 0 Å². The van der Waals surface area contributed by atoms with Gasteiger partial charge in [-0.05, 0) is 40.3 Å². The zero-order valence-electron chi connectivity index (χ0n) is 12.8. The Balaban J connectivity index is 3.21. The van der Waals surface area contributed by atoms with E-state index in [1.54, 1.807) is 14.2 Å². The van der Waals surface area contributed by atoms with Crippen LogP contribution in [0, 0.1) is 6.92 Å². The number of ether oxygens (including phenoxy) is 2. The lowest BCUT2D eigenvalue weighted by atomic mass is 9.90. The van der Waals surface area contributed by atoms with Gasteiger partial charge in [-0.1, -0.05) is 6.07 Å². The van der Waals surface area contributed by atoms with Crippen LogP contribution in [0.2, 0.25) is 0 Å². The third-order valence-electron chi connectivity index (χ3n) is 3.26. The SMILES string of the molecule is CNC(CC(C)(C)N)c1ccc(OC)c(C)c1OC. The minimum absolute atomic E-state index is 0.152. The van der Waals surface area contributed by atoms with Crippen molar-refractivity contribution in [2.24, 2.45) is 5.73 Å². The first kappa shape index (κ1) is 15.8. The molecule has 0 saturated carbocycles. The van der Waals surface area contributed by atoms with Crippen molar-refractivity contribution < 1.29 is 9.47 Å². The summed E-state index contributed by atoms with van der Waals surface area (Å²) < 4.78 is 10.9. The summed E-state index contributed by atoms with van der Waals surface area (Å²) >= 11 is 0. The molecule has 1 atom stereocenters. The second-order valence-corrected chi connectivity index (χ2v) is 5.55. The maximum absolute atomic E-state index is 6.13. The number of rotatable bonds is 6. The van der Waals surface area contributed by atoms with Gasteiger partial charge in [-0.3, -0.25) is 0 Å². The van der Waals surface area contributed by atoms with Crippen molar-refractivity contribution in [3.8, 4) is 11.5 Å². The molecule has 3 N–H and O–H groups in total. The van der Waals surface area contributed by atoms with E-state index in [2.05, 4.69) is 5.32 Å². The Labute approximate surface area is 116 Å². The van der Waals surface area contributed by atoms with E-state index in [9.17, 15) is 0 Å². The average Bonchev–Trinajstić information content (AvgIpc) is 2.34. The summed E-state index contributed by atoms with van der Waals surface area (Å²) in [6.45, 7) is 6.06. The van der Waals surface area contributed by atoms with Gasteiger partial charge in [-0.2, -0.15) is 0 Å². The van der Waals surface area contributed by atoms with E-state index in [0.717, 1.165) is 29.0 Å². The predicted molar refractivity (Wildman–Crippen MR) is 79.0 cm³/mol. The molecular weight excluding hydrogens is 240 g/mol. The van der Waals surface area contributed by atoms with Crippen LogP contribution in [0.15, 0.2) is 12.1 Å². The highest BCUT2D eigenvalue weighted by molar-refractivity contribution is 5.50. The largest absolute Gasteiger partial charge is 0.496 e. The van der Waals surface area contributed by atoms with Gasteiger partial charge in [0.2, 0.25) is 0 Å². The van der Waals surface area contributed by atoms with Crippen LogP contribution in [0.5, 0.6) is 11.5 Å². The van der Waals surface area contributed by atoms with E-state index in [0.29, 0.717) is 0 Å². The van der Waals surface area contributed by atoms with Crippen molar-refractivity contribution in [3.05, 3.63) is 23.3 Å². The summed E-state index contributed by atoms with van der Waals surface area (Å²) in [4.78, 5) is 0. The molecule has 1 aromatic rings. The molecule has 4 heteroatoms. The molecule has 1 aromatic carbocycles. The molecule has 0 aromatic heterocycles. The Bertz CT molecular complexity index is 425. The molecule has 0 fully saturated rings. The lowest BCUT2D eigenvalue weighted by molar-refractivity contribution is 0.361. The second kappa shape index (κ2) is 6.26. The van der Waals surface area contributed by atoms with Crippen LogP contribution in [-0.4, -0.2) is 26.8 Å². The van der Waals surface area contributed by atoms with Crippen molar-refractivity contribution >= 4 is 0 Å². The van der Waals surface area contributed by atoms with Gasteiger partial charge in [0.1, 0.15) is 11.5 Å². The molecule has 4 nitrogen and oxygen atoms in total. The van der Waals surface area contributed by atoms with E-state index < -0.39 is 0 Å². The first-order valence-electron chi connectivity index (χ1n) is 6.51. The van der Waals surface area contributed by atoms with Gasteiger partial charge in [-0.15, -0.1) is 0 Å².